The summed E-state index contributed by atoms with van der Waals surface area (Å²) in [6.07, 6.45) is -9.04. The van der Waals surface area contributed by atoms with Crippen molar-refractivity contribution in [3.8, 4) is 0 Å². The van der Waals surface area contributed by atoms with E-state index in [4.69, 9.17) is 0 Å². The van der Waals surface area contributed by atoms with E-state index in [1.54, 1.807) is 0 Å². The van der Waals surface area contributed by atoms with Gasteiger partial charge in [0.05, 0.1) is 0 Å². The summed E-state index contributed by atoms with van der Waals surface area (Å²) < 4.78 is 89.7. The smallest absolute Gasteiger partial charge is 0.412 e. The first-order valence-corrected chi connectivity index (χ1v) is 3.61. The van der Waals surface area contributed by atoms with Crippen molar-refractivity contribution in [2.24, 2.45) is 0 Å². The molecule has 14 heavy (non-hydrogen) atoms. The third kappa shape index (κ3) is 5.04. The molecule has 0 saturated heterocycles. The zero-order valence-corrected chi connectivity index (χ0v) is 6.72. The average molecular weight is 248 g/mol. The minimum atomic E-state index is -6.22. The molecule has 0 aromatic carbocycles. The fourth-order valence-corrected chi connectivity index (χ4v) is 0.595. The Morgan fingerprint density at radius 2 is 1.50 bits per heavy atom. The molecule has 0 aliphatic heterocycles. The minimum Gasteiger partial charge on any atom is -0.412 e. The van der Waals surface area contributed by atoms with Crippen LogP contribution in [0.5, 0.6) is 0 Å². The summed E-state index contributed by atoms with van der Waals surface area (Å²) in [7, 11) is -6.22. The maximum absolute atomic E-state index is 11.8. The van der Waals surface area contributed by atoms with E-state index in [0.717, 1.165) is 0 Å². The van der Waals surface area contributed by atoms with Crippen molar-refractivity contribution in [2.75, 3.05) is 0 Å². The highest BCUT2D eigenvalue weighted by Crippen LogP contribution is 2.32. The van der Waals surface area contributed by atoms with Gasteiger partial charge in [0.2, 0.25) is 0 Å². The Labute approximate surface area is 73.5 Å². The molecule has 0 heterocycles. The third-order valence-electron chi connectivity index (χ3n) is 0.626. The van der Waals surface area contributed by atoms with Gasteiger partial charge in [-0.25, -0.2) is 0 Å². The topological polar surface area (TPSA) is 74.9 Å². The third-order valence-corrected chi connectivity index (χ3v) is 1.03. The van der Waals surface area contributed by atoms with Gasteiger partial charge in [-0.1, -0.05) is 3.89 Å². The number of hydrogen-bond acceptors (Lipinski definition) is 3. The number of rotatable bonds is 3. The molecule has 0 aliphatic carbocycles. The van der Waals surface area contributed by atoms with Gasteiger partial charge in [0.25, 0.3) is 5.83 Å². The summed E-state index contributed by atoms with van der Waals surface area (Å²) >= 11 is 0. The predicted molar refractivity (Wildman–Crippen MR) is 30.0 cm³/mol. The highest BCUT2D eigenvalue weighted by atomic mass is 32.3. The van der Waals surface area contributed by atoms with Crippen molar-refractivity contribution in [1.29, 1.82) is 0 Å². The van der Waals surface area contributed by atoms with Crippen molar-refractivity contribution < 1.29 is 43.9 Å². The quantitative estimate of drug-likeness (QED) is 0.553. The Bertz CT molecular complexity index is 316. The molecule has 0 fully saturated rings. The van der Waals surface area contributed by atoms with Crippen LogP contribution in [0.3, 0.4) is 0 Å². The Morgan fingerprint density at radius 1 is 1.14 bits per heavy atom. The van der Waals surface area contributed by atoms with Crippen LogP contribution in [0.2, 0.25) is 0 Å². The minimum absolute atomic E-state index is 0. The number of alkyl halides is 2. The van der Waals surface area contributed by atoms with E-state index in [9.17, 15) is 34.3 Å². The van der Waals surface area contributed by atoms with Gasteiger partial charge in [0.15, 0.2) is 0 Å². The Kier molecular flexibility index (Phi) is 5.16. The standard InChI is InChI=1S/C3F6O3S.H2O/c4-1(2(5)6)3(7,8)12-13(9,10)11;/h;1H2. The van der Waals surface area contributed by atoms with Crippen LogP contribution in [0.4, 0.5) is 25.8 Å². The lowest BCUT2D eigenvalue weighted by atomic mass is 10.5. The lowest BCUT2D eigenvalue weighted by Gasteiger charge is -2.09. The first-order valence-electron chi connectivity index (χ1n) is 2.30. The molecule has 0 radical (unpaired) electrons. The van der Waals surface area contributed by atoms with E-state index in [1.807, 2.05) is 0 Å². The lowest BCUT2D eigenvalue weighted by Crippen LogP contribution is -2.24. The van der Waals surface area contributed by atoms with E-state index in [1.165, 1.54) is 0 Å². The van der Waals surface area contributed by atoms with Gasteiger partial charge in [-0.15, -0.1) is 0 Å². The summed E-state index contributed by atoms with van der Waals surface area (Å²) in [5.74, 6) is -3.46. The molecule has 0 aliphatic rings. The predicted octanol–water partition coefficient (Wildman–Crippen LogP) is 1.06. The Balaban J connectivity index is 0. The molecule has 0 atom stereocenters. The maximum atomic E-state index is 11.8. The van der Waals surface area contributed by atoms with Gasteiger partial charge in [-0.3, -0.25) is 0 Å². The van der Waals surface area contributed by atoms with Crippen molar-refractivity contribution in [2.45, 2.75) is 6.11 Å². The van der Waals surface area contributed by atoms with Gasteiger partial charge in [0, 0.05) is 0 Å². The van der Waals surface area contributed by atoms with Crippen LogP contribution >= 0.6 is 0 Å². The largest absolute Gasteiger partial charge is 0.442 e. The second-order valence-corrected chi connectivity index (χ2v) is 2.52. The number of hydrogen-bond donors (Lipinski definition) is 0. The molecule has 0 rings (SSSR count). The molecule has 86 valence electrons. The zero-order chi connectivity index (χ0) is 10.9. The summed E-state index contributed by atoms with van der Waals surface area (Å²) in [6, 6.07) is 0. The average Bonchev–Trinajstić information content (AvgIpc) is 1.80. The summed E-state index contributed by atoms with van der Waals surface area (Å²) in [5, 5.41) is 0. The highest BCUT2D eigenvalue weighted by molar-refractivity contribution is 7.81. The fraction of sp³-hybridized carbons (Fsp3) is 0.333. The van der Waals surface area contributed by atoms with Crippen LogP contribution in [-0.2, 0) is 14.7 Å². The van der Waals surface area contributed by atoms with Crippen LogP contribution in [0.25, 0.3) is 0 Å². The van der Waals surface area contributed by atoms with Gasteiger partial charge < -0.3 is 5.48 Å². The molecule has 0 bridgehead atoms. The van der Waals surface area contributed by atoms with Crippen LogP contribution in [-0.4, -0.2) is 20.0 Å². The van der Waals surface area contributed by atoms with Gasteiger partial charge >= 0.3 is 22.7 Å². The molecule has 0 spiro atoms. The Hall–Kier alpha value is -0.810. The van der Waals surface area contributed by atoms with Crippen LogP contribution < -0.4 is 0 Å². The molecular formula is C3H2F6O4S. The highest BCUT2D eigenvalue weighted by Gasteiger charge is 2.45. The van der Waals surface area contributed by atoms with Gasteiger partial charge in [0.1, 0.15) is 0 Å². The molecule has 0 unspecified atom stereocenters. The molecule has 2 N–H and O–H groups in total. The van der Waals surface area contributed by atoms with E-state index < -0.39 is 28.5 Å². The molecule has 0 aromatic rings. The maximum Gasteiger partial charge on any atom is 0.442 e. The monoisotopic (exact) mass is 248 g/mol. The van der Waals surface area contributed by atoms with E-state index in [0.29, 0.717) is 0 Å². The number of halogens is 6. The van der Waals surface area contributed by atoms with Crippen molar-refractivity contribution >= 4 is 10.5 Å². The van der Waals surface area contributed by atoms with E-state index in [-0.39, 0.29) is 5.48 Å². The molecular weight excluding hydrogens is 246 g/mol. The Morgan fingerprint density at radius 3 is 1.71 bits per heavy atom. The van der Waals surface area contributed by atoms with Crippen LogP contribution in [0.15, 0.2) is 11.9 Å². The second kappa shape index (κ2) is 4.61. The molecule has 11 heteroatoms. The normalized spacial score (nSPS) is 11.9. The summed E-state index contributed by atoms with van der Waals surface area (Å²) in [4.78, 5) is 0. The van der Waals surface area contributed by atoms with Crippen LogP contribution in [0, 0.1) is 0 Å². The lowest BCUT2D eigenvalue weighted by molar-refractivity contribution is -0.158. The van der Waals surface area contributed by atoms with Gasteiger partial charge in [-0.05, 0) is 0 Å². The van der Waals surface area contributed by atoms with Crippen molar-refractivity contribution in [3.05, 3.63) is 11.9 Å². The molecule has 0 aromatic heterocycles. The zero-order valence-electron chi connectivity index (χ0n) is 5.90. The first kappa shape index (κ1) is 15.7. The first-order chi connectivity index (χ1) is 5.56. The summed E-state index contributed by atoms with van der Waals surface area (Å²) in [5.41, 5.74) is 0. The fourth-order valence-electron chi connectivity index (χ4n) is 0.272. The van der Waals surface area contributed by atoms with E-state index in [2.05, 4.69) is 4.18 Å². The van der Waals surface area contributed by atoms with Crippen molar-refractivity contribution in [3.63, 3.8) is 0 Å². The van der Waals surface area contributed by atoms with Crippen molar-refractivity contribution in [1.82, 2.24) is 0 Å². The SMILES string of the molecule is O.O=S(=O)(F)OC(F)(F)C(F)=C(F)F. The molecule has 0 saturated carbocycles. The van der Waals surface area contributed by atoms with E-state index >= 15 is 0 Å². The molecule has 0 amide bonds. The summed E-state index contributed by atoms with van der Waals surface area (Å²) in [6.45, 7) is 0. The molecule has 4 nitrogen and oxygen atoms in total. The van der Waals surface area contributed by atoms with Crippen LogP contribution in [0.1, 0.15) is 0 Å². The second-order valence-electron chi connectivity index (χ2n) is 1.57. The van der Waals surface area contributed by atoms with Gasteiger partial charge in [-0.2, -0.15) is 34.6 Å².